The average molecular weight is 371 g/mol. The summed E-state index contributed by atoms with van der Waals surface area (Å²) >= 11 is 0. The molecular weight excluding hydrogens is 342 g/mol. The zero-order valence-electron chi connectivity index (χ0n) is 16.5. The van der Waals surface area contributed by atoms with Gasteiger partial charge in [-0.05, 0) is 46.7 Å². The summed E-state index contributed by atoms with van der Waals surface area (Å²) in [6.07, 6.45) is 3.51. The Balaban J connectivity index is 1.37. The first-order chi connectivity index (χ1) is 13.0. The lowest BCUT2D eigenvalue weighted by Crippen LogP contribution is -2.52. The van der Waals surface area contributed by atoms with E-state index in [1.165, 1.54) is 6.33 Å². The van der Waals surface area contributed by atoms with Crippen molar-refractivity contribution in [1.82, 2.24) is 29.4 Å². The molecule has 2 fully saturated rings. The molecular formula is C19H29N7O. The summed E-state index contributed by atoms with van der Waals surface area (Å²) in [4.78, 5) is 28.4. The van der Waals surface area contributed by atoms with Gasteiger partial charge in [-0.1, -0.05) is 0 Å². The number of aryl methyl sites for hydroxylation is 1. The number of piperidine rings is 1. The third-order valence-electron chi connectivity index (χ3n) is 5.89. The molecule has 2 aromatic heterocycles. The van der Waals surface area contributed by atoms with Gasteiger partial charge in [0.2, 0.25) is 5.91 Å². The minimum Gasteiger partial charge on any atom is -0.353 e. The van der Waals surface area contributed by atoms with Crippen molar-refractivity contribution in [3.05, 3.63) is 18.1 Å². The predicted molar refractivity (Wildman–Crippen MR) is 104 cm³/mol. The molecule has 0 atom stereocenters. The fourth-order valence-electron chi connectivity index (χ4n) is 4.21. The van der Waals surface area contributed by atoms with Crippen molar-refractivity contribution in [2.75, 3.05) is 44.2 Å². The van der Waals surface area contributed by atoms with E-state index in [0.29, 0.717) is 17.7 Å². The minimum absolute atomic E-state index is 0.191. The largest absolute Gasteiger partial charge is 0.353 e. The van der Waals surface area contributed by atoms with Crippen LogP contribution in [0.4, 0.5) is 5.82 Å². The highest BCUT2D eigenvalue weighted by Crippen LogP contribution is 2.23. The van der Waals surface area contributed by atoms with Gasteiger partial charge in [-0.15, -0.1) is 0 Å². The van der Waals surface area contributed by atoms with Crippen molar-refractivity contribution in [3.8, 4) is 0 Å². The Hall–Kier alpha value is -2.22. The Kier molecular flexibility index (Phi) is 4.99. The van der Waals surface area contributed by atoms with Crippen molar-refractivity contribution in [2.45, 2.75) is 39.7 Å². The number of rotatable bonds is 3. The number of hydrogen-bond donors (Lipinski definition) is 0. The highest BCUT2D eigenvalue weighted by atomic mass is 16.2. The molecule has 0 spiro atoms. The van der Waals surface area contributed by atoms with Crippen LogP contribution in [0.15, 0.2) is 12.4 Å². The summed E-state index contributed by atoms with van der Waals surface area (Å²) < 4.78 is 1.78. The number of nitrogens with zero attached hydrogens (tertiary/aromatic N) is 7. The van der Waals surface area contributed by atoms with Crippen molar-refractivity contribution >= 4 is 17.5 Å². The maximum absolute atomic E-state index is 12.9. The Bertz CT molecular complexity index is 801. The molecule has 2 aromatic rings. The quantitative estimate of drug-likeness (QED) is 0.808. The normalized spacial score (nSPS) is 20.0. The van der Waals surface area contributed by atoms with Crippen molar-refractivity contribution < 1.29 is 4.79 Å². The van der Waals surface area contributed by atoms with Crippen LogP contribution in [0.3, 0.4) is 0 Å². The summed E-state index contributed by atoms with van der Waals surface area (Å²) in [6, 6.07) is 2.61. The second-order valence-corrected chi connectivity index (χ2v) is 7.94. The van der Waals surface area contributed by atoms with E-state index in [1.807, 2.05) is 13.0 Å². The monoisotopic (exact) mass is 371 g/mol. The van der Waals surface area contributed by atoms with E-state index in [1.54, 1.807) is 4.52 Å². The van der Waals surface area contributed by atoms with Crippen LogP contribution in [0.1, 0.15) is 32.4 Å². The number of aromatic nitrogens is 4. The highest BCUT2D eigenvalue weighted by molar-refractivity contribution is 5.79. The molecule has 2 saturated heterocycles. The van der Waals surface area contributed by atoms with Crippen LogP contribution in [0, 0.1) is 12.8 Å². The van der Waals surface area contributed by atoms with E-state index in [2.05, 4.69) is 43.6 Å². The first-order valence-electron chi connectivity index (χ1n) is 9.98. The van der Waals surface area contributed by atoms with E-state index >= 15 is 0 Å². The van der Waals surface area contributed by atoms with E-state index in [4.69, 9.17) is 0 Å². The zero-order valence-corrected chi connectivity index (χ0v) is 16.5. The smallest absolute Gasteiger partial charge is 0.254 e. The molecule has 0 unspecified atom stereocenters. The third kappa shape index (κ3) is 3.63. The molecule has 8 nitrogen and oxygen atoms in total. The Morgan fingerprint density at radius 3 is 2.48 bits per heavy atom. The van der Waals surface area contributed by atoms with Gasteiger partial charge in [-0.2, -0.15) is 14.6 Å². The standard InChI is InChI=1S/C19H29N7O/c1-14(2)23-6-4-16(5-7-23)18(27)25-10-8-24(9-11-25)17-12-15(3)22-19-20-13-21-26(17)19/h12-14,16H,4-11H2,1-3H3. The Morgan fingerprint density at radius 1 is 1.11 bits per heavy atom. The first-order valence-corrected chi connectivity index (χ1v) is 9.98. The highest BCUT2D eigenvalue weighted by Gasteiger charge is 2.31. The van der Waals surface area contributed by atoms with Gasteiger partial charge in [-0.3, -0.25) is 4.79 Å². The molecule has 0 N–H and O–H groups in total. The van der Waals surface area contributed by atoms with Crippen LogP contribution >= 0.6 is 0 Å². The summed E-state index contributed by atoms with van der Waals surface area (Å²) in [5.41, 5.74) is 0.931. The molecule has 2 aliphatic rings. The number of anilines is 1. The lowest BCUT2D eigenvalue weighted by molar-refractivity contribution is -0.137. The van der Waals surface area contributed by atoms with Crippen molar-refractivity contribution in [2.24, 2.45) is 5.92 Å². The number of amides is 1. The molecule has 2 aliphatic heterocycles. The minimum atomic E-state index is 0.191. The maximum Gasteiger partial charge on any atom is 0.254 e. The SMILES string of the molecule is Cc1cc(N2CCN(C(=O)C3CCN(C(C)C)CC3)CC2)n2ncnc2n1. The number of likely N-dealkylation sites (tertiary alicyclic amines) is 1. The molecule has 0 aliphatic carbocycles. The molecule has 146 valence electrons. The summed E-state index contributed by atoms with van der Waals surface area (Å²) in [6.45, 7) is 11.7. The second kappa shape index (κ2) is 7.42. The lowest BCUT2D eigenvalue weighted by atomic mass is 9.94. The molecule has 4 rings (SSSR count). The van der Waals surface area contributed by atoms with E-state index in [0.717, 1.165) is 63.6 Å². The molecule has 0 bridgehead atoms. The molecule has 27 heavy (non-hydrogen) atoms. The molecule has 0 radical (unpaired) electrons. The predicted octanol–water partition coefficient (Wildman–Crippen LogP) is 1.20. The van der Waals surface area contributed by atoms with Crippen LogP contribution in [0.2, 0.25) is 0 Å². The van der Waals surface area contributed by atoms with Gasteiger partial charge in [0, 0.05) is 49.9 Å². The third-order valence-corrected chi connectivity index (χ3v) is 5.89. The molecule has 4 heterocycles. The molecule has 0 saturated carbocycles. The van der Waals surface area contributed by atoms with Gasteiger partial charge < -0.3 is 14.7 Å². The van der Waals surface area contributed by atoms with Gasteiger partial charge in [-0.25, -0.2) is 4.98 Å². The number of carbonyl (C=O) groups is 1. The van der Waals surface area contributed by atoms with Gasteiger partial charge in [0.1, 0.15) is 12.1 Å². The lowest BCUT2D eigenvalue weighted by Gasteiger charge is -2.39. The van der Waals surface area contributed by atoms with Gasteiger partial charge >= 0.3 is 0 Å². The number of carbonyl (C=O) groups excluding carboxylic acids is 1. The Labute approximate surface area is 160 Å². The Morgan fingerprint density at radius 2 is 1.81 bits per heavy atom. The van der Waals surface area contributed by atoms with Crippen LogP contribution in [-0.2, 0) is 4.79 Å². The molecule has 1 amide bonds. The van der Waals surface area contributed by atoms with E-state index in [-0.39, 0.29) is 5.92 Å². The average Bonchev–Trinajstić information content (AvgIpc) is 3.15. The van der Waals surface area contributed by atoms with Crippen LogP contribution in [0.25, 0.3) is 5.78 Å². The number of piperazine rings is 1. The summed E-state index contributed by atoms with van der Waals surface area (Å²) in [7, 11) is 0. The van der Waals surface area contributed by atoms with Gasteiger partial charge in [0.15, 0.2) is 0 Å². The van der Waals surface area contributed by atoms with Crippen molar-refractivity contribution in [3.63, 3.8) is 0 Å². The first kappa shape index (κ1) is 18.2. The maximum atomic E-state index is 12.9. The van der Waals surface area contributed by atoms with Gasteiger partial charge in [0.25, 0.3) is 5.78 Å². The fourth-order valence-corrected chi connectivity index (χ4v) is 4.21. The second-order valence-electron chi connectivity index (χ2n) is 7.94. The van der Waals surface area contributed by atoms with Crippen molar-refractivity contribution in [1.29, 1.82) is 0 Å². The van der Waals surface area contributed by atoms with Crippen LogP contribution in [0.5, 0.6) is 0 Å². The van der Waals surface area contributed by atoms with E-state index in [9.17, 15) is 4.79 Å². The topological polar surface area (TPSA) is 69.9 Å². The summed E-state index contributed by atoms with van der Waals surface area (Å²) in [5, 5.41) is 4.30. The van der Waals surface area contributed by atoms with E-state index < -0.39 is 0 Å². The van der Waals surface area contributed by atoms with Gasteiger partial charge in [0.05, 0.1) is 0 Å². The fraction of sp³-hybridized carbons (Fsp3) is 0.684. The molecule has 8 heteroatoms. The number of hydrogen-bond acceptors (Lipinski definition) is 6. The number of fused-ring (bicyclic) bond motifs is 1. The summed E-state index contributed by atoms with van der Waals surface area (Å²) in [5.74, 6) is 2.17. The van der Waals surface area contributed by atoms with Crippen LogP contribution in [-0.4, -0.2) is 80.6 Å². The zero-order chi connectivity index (χ0) is 19.0. The van der Waals surface area contributed by atoms with Crippen LogP contribution < -0.4 is 4.90 Å². The molecule has 0 aromatic carbocycles.